The van der Waals surface area contributed by atoms with Crippen LogP contribution in [-0.2, 0) is 10.0 Å². The van der Waals surface area contributed by atoms with Crippen molar-refractivity contribution in [2.24, 2.45) is 5.92 Å². The second kappa shape index (κ2) is 7.78. The predicted molar refractivity (Wildman–Crippen MR) is 100 cm³/mol. The van der Waals surface area contributed by atoms with Crippen LogP contribution in [0.1, 0.15) is 23.2 Å². The standard InChI is InChI=1S/C19H20ClNO4S/c1-25-17-9-7-14(8-10-17)19(22)15-4-3-11-21(13-15)26(23,24)18-6-2-5-16(20)12-18/h2,5-10,12,15H,3-4,11,13H2,1H3. The average molecular weight is 394 g/mol. The quantitative estimate of drug-likeness (QED) is 0.727. The summed E-state index contributed by atoms with van der Waals surface area (Å²) in [7, 11) is -2.10. The fraction of sp³-hybridized carbons (Fsp3) is 0.316. The Morgan fingerprint density at radius 2 is 1.92 bits per heavy atom. The fourth-order valence-corrected chi connectivity index (χ4v) is 4.97. The van der Waals surface area contributed by atoms with Crippen LogP contribution < -0.4 is 4.74 Å². The van der Waals surface area contributed by atoms with Gasteiger partial charge in [0.15, 0.2) is 5.78 Å². The van der Waals surface area contributed by atoms with Crippen molar-refractivity contribution in [3.05, 3.63) is 59.1 Å². The van der Waals surface area contributed by atoms with Gasteiger partial charge in [0.05, 0.1) is 12.0 Å². The molecule has 7 heteroatoms. The molecule has 1 aliphatic rings. The molecule has 0 saturated carbocycles. The van der Waals surface area contributed by atoms with E-state index < -0.39 is 10.0 Å². The summed E-state index contributed by atoms with van der Waals surface area (Å²) in [6.45, 7) is 0.584. The van der Waals surface area contributed by atoms with Crippen LogP contribution in [0, 0.1) is 5.92 Å². The van der Waals surface area contributed by atoms with Gasteiger partial charge in [-0.15, -0.1) is 0 Å². The van der Waals surface area contributed by atoms with E-state index in [4.69, 9.17) is 16.3 Å². The number of halogens is 1. The third-order valence-corrected chi connectivity index (χ3v) is 6.66. The Balaban J connectivity index is 1.79. The smallest absolute Gasteiger partial charge is 0.243 e. The Morgan fingerprint density at radius 3 is 2.58 bits per heavy atom. The highest BCUT2D eigenvalue weighted by molar-refractivity contribution is 7.89. The maximum Gasteiger partial charge on any atom is 0.243 e. The van der Waals surface area contributed by atoms with Crippen molar-refractivity contribution in [2.75, 3.05) is 20.2 Å². The molecule has 0 aliphatic carbocycles. The molecule has 2 aromatic rings. The summed E-state index contributed by atoms with van der Waals surface area (Å²) in [5, 5.41) is 0.369. The third-order valence-electron chi connectivity index (χ3n) is 4.56. The second-order valence-electron chi connectivity index (χ2n) is 6.25. The van der Waals surface area contributed by atoms with Crippen LogP contribution >= 0.6 is 11.6 Å². The maximum atomic E-state index is 12.9. The number of ether oxygens (including phenoxy) is 1. The highest BCUT2D eigenvalue weighted by Gasteiger charge is 2.33. The van der Waals surface area contributed by atoms with E-state index in [-0.39, 0.29) is 23.1 Å². The molecule has 26 heavy (non-hydrogen) atoms. The number of hydrogen-bond donors (Lipinski definition) is 0. The summed E-state index contributed by atoms with van der Waals surface area (Å²) in [5.41, 5.74) is 0.567. The monoisotopic (exact) mass is 393 g/mol. The van der Waals surface area contributed by atoms with Crippen LogP contribution in [0.2, 0.25) is 5.02 Å². The zero-order valence-corrected chi connectivity index (χ0v) is 16.0. The molecule has 3 rings (SSSR count). The number of ketones is 1. The number of carbonyl (C=O) groups is 1. The zero-order valence-electron chi connectivity index (χ0n) is 14.4. The molecule has 0 aromatic heterocycles. The molecule has 1 aliphatic heterocycles. The van der Waals surface area contributed by atoms with Crippen molar-refractivity contribution in [2.45, 2.75) is 17.7 Å². The van der Waals surface area contributed by atoms with Gasteiger partial charge in [0.2, 0.25) is 10.0 Å². The Kier molecular flexibility index (Phi) is 5.65. The van der Waals surface area contributed by atoms with E-state index in [0.29, 0.717) is 35.7 Å². The van der Waals surface area contributed by atoms with E-state index in [2.05, 4.69) is 0 Å². The van der Waals surface area contributed by atoms with E-state index in [1.165, 1.54) is 16.4 Å². The van der Waals surface area contributed by atoms with Gasteiger partial charge in [-0.3, -0.25) is 4.79 Å². The normalized spacial score (nSPS) is 18.5. The number of hydrogen-bond acceptors (Lipinski definition) is 4. The highest BCUT2D eigenvalue weighted by atomic mass is 35.5. The van der Waals surface area contributed by atoms with Gasteiger partial charge in [0.1, 0.15) is 5.75 Å². The number of benzene rings is 2. The fourth-order valence-electron chi connectivity index (χ4n) is 3.14. The van der Waals surface area contributed by atoms with Gasteiger partial charge < -0.3 is 4.74 Å². The number of sulfonamides is 1. The molecule has 0 amide bonds. The van der Waals surface area contributed by atoms with E-state index in [9.17, 15) is 13.2 Å². The molecule has 0 N–H and O–H groups in total. The lowest BCUT2D eigenvalue weighted by Gasteiger charge is -2.31. The lowest BCUT2D eigenvalue weighted by molar-refractivity contribution is 0.0872. The topological polar surface area (TPSA) is 63.7 Å². The first kappa shape index (κ1) is 18.9. The first-order chi connectivity index (χ1) is 12.4. The third kappa shape index (κ3) is 3.92. The molecule has 1 fully saturated rings. The molecule has 1 heterocycles. The first-order valence-corrected chi connectivity index (χ1v) is 10.2. The van der Waals surface area contributed by atoms with Gasteiger partial charge in [0.25, 0.3) is 0 Å². The second-order valence-corrected chi connectivity index (χ2v) is 8.63. The van der Waals surface area contributed by atoms with E-state index in [1.54, 1.807) is 43.5 Å². The van der Waals surface area contributed by atoms with Gasteiger partial charge in [-0.25, -0.2) is 8.42 Å². The Hall–Kier alpha value is -1.89. The molecule has 1 atom stereocenters. The number of nitrogens with zero attached hydrogens (tertiary/aromatic N) is 1. The number of piperidine rings is 1. The van der Waals surface area contributed by atoms with Crippen LogP contribution in [0.25, 0.3) is 0 Å². The van der Waals surface area contributed by atoms with Gasteiger partial charge in [-0.1, -0.05) is 17.7 Å². The summed E-state index contributed by atoms with van der Waals surface area (Å²) in [6.07, 6.45) is 1.32. The molecule has 138 valence electrons. The minimum atomic E-state index is -3.67. The summed E-state index contributed by atoms with van der Waals surface area (Å²) in [5.74, 6) is 0.278. The Bertz CT molecular complexity index is 896. The molecule has 1 unspecified atom stereocenters. The van der Waals surface area contributed by atoms with Crippen LogP contribution in [0.5, 0.6) is 5.75 Å². The number of rotatable bonds is 5. The van der Waals surface area contributed by atoms with Gasteiger partial charge >= 0.3 is 0 Å². The van der Waals surface area contributed by atoms with Gasteiger partial charge in [-0.2, -0.15) is 4.31 Å². The van der Waals surface area contributed by atoms with Crippen LogP contribution in [-0.4, -0.2) is 38.7 Å². The van der Waals surface area contributed by atoms with E-state index in [0.717, 1.165) is 0 Å². The van der Waals surface area contributed by atoms with Crippen molar-refractivity contribution >= 4 is 27.4 Å². The number of methoxy groups -OCH3 is 1. The Morgan fingerprint density at radius 1 is 1.19 bits per heavy atom. The van der Waals surface area contributed by atoms with Gasteiger partial charge in [0, 0.05) is 29.6 Å². The number of Topliss-reactive ketones (excluding diaryl/α,β-unsaturated/α-hetero) is 1. The van der Waals surface area contributed by atoms with Crippen molar-refractivity contribution in [3.63, 3.8) is 0 Å². The SMILES string of the molecule is COc1ccc(C(=O)C2CCCN(S(=O)(=O)c3cccc(Cl)c3)C2)cc1. The summed E-state index contributed by atoms with van der Waals surface area (Å²) >= 11 is 5.93. The van der Waals surface area contributed by atoms with Crippen LogP contribution in [0.3, 0.4) is 0 Å². The van der Waals surface area contributed by atoms with Gasteiger partial charge in [-0.05, 0) is 55.3 Å². The first-order valence-electron chi connectivity index (χ1n) is 8.36. The molecule has 2 aromatic carbocycles. The minimum absolute atomic E-state index is 0.0429. The molecule has 0 bridgehead atoms. The minimum Gasteiger partial charge on any atom is -0.497 e. The largest absolute Gasteiger partial charge is 0.497 e. The summed E-state index contributed by atoms with van der Waals surface area (Å²) < 4.78 is 32.2. The predicted octanol–water partition coefficient (Wildman–Crippen LogP) is 3.63. The zero-order chi connectivity index (χ0) is 18.7. The van der Waals surface area contributed by atoms with E-state index in [1.807, 2.05) is 0 Å². The van der Waals surface area contributed by atoms with Crippen LogP contribution in [0.4, 0.5) is 0 Å². The molecule has 5 nitrogen and oxygen atoms in total. The maximum absolute atomic E-state index is 12.9. The Labute approximate surface area is 158 Å². The summed E-state index contributed by atoms with van der Waals surface area (Å²) in [4.78, 5) is 12.9. The van der Waals surface area contributed by atoms with Crippen LogP contribution in [0.15, 0.2) is 53.4 Å². The number of carbonyl (C=O) groups excluding carboxylic acids is 1. The molecule has 0 radical (unpaired) electrons. The van der Waals surface area contributed by atoms with Crippen molar-refractivity contribution in [3.8, 4) is 5.75 Å². The molecule has 1 saturated heterocycles. The van der Waals surface area contributed by atoms with Crippen molar-refractivity contribution in [1.82, 2.24) is 4.31 Å². The lowest BCUT2D eigenvalue weighted by Crippen LogP contribution is -2.42. The average Bonchev–Trinajstić information content (AvgIpc) is 2.67. The molecular weight excluding hydrogens is 374 g/mol. The lowest BCUT2D eigenvalue weighted by atomic mass is 9.91. The molecular formula is C19H20ClNO4S. The van der Waals surface area contributed by atoms with E-state index >= 15 is 0 Å². The highest BCUT2D eigenvalue weighted by Crippen LogP contribution is 2.27. The van der Waals surface area contributed by atoms with Crippen molar-refractivity contribution < 1.29 is 17.9 Å². The molecule has 0 spiro atoms. The van der Waals surface area contributed by atoms with Crippen molar-refractivity contribution in [1.29, 1.82) is 0 Å². The summed E-state index contributed by atoms with van der Waals surface area (Å²) in [6, 6.07) is 13.1.